The molecule has 1 aliphatic heterocycles. The van der Waals surface area contributed by atoms with Crippen molar-refractivity contribution in [2.24, 2.45) is 5.84 Å². The predicted molar refractivity (Wildman–Crippen MR) is 72.9 cm³/mol. The molecule has 2 aromatic rings. The highest BCUT2D eigenvalue weighted by Crippen LogP contribution is 2.30. The number of nitrogens with zero attached hydrogens (tertiary/aromatic N) is 3. The van der Waals surface area contributed by atoms with Crippen LogP contribution in [-0.4, -0.2) is 35.8 Å². The van der Waals surface area contributed by atoms with Crippen molar-refractivity contribution >= 4 is 33.3 Å². The number of fused-ring (bicyclic) bond motifs is 1. The number of morpholine rings is 1. The molecule has 3 rings (SSSR count). The minimum absolute atomic E-state index is 0.308. The van der Waals surface area contributed by atoms with Crippen molar-refractivity contribution < 1.29 is 4.74 Å². The highest BCUT2D eigenvalue weighted by Gasteiger charge is 2.23. The van der Waals surface area contributed by atoms with E-state index in [-0.39, 0.29) is 0 Å². The summed E-state index contributed by atoms with van der Waals surface area (Å²) in [5.41, 5.74) is 2.53. The van der Waals surface area contributed by atoms with Gasteiger partial charge in [-0.1, -0.05) is 0 Å². The highest BCUT2D eigenvalue weighted by atomic mass is 32.1. The Balaban J connectivity index is 2.10. The summed E-state index contributed by atoms with van der Waals surface area (Å²) in [7, 11) is 0. The van der Waals surface area contributed by atoms with E-state index in [0.717, 1.165) is 35.8 Å². The molecule has 1 fully saturated rings. The molecule has 96 valence electrons. The van der Waals surface area contributed by atoms with Gasteiger partial charge in [-0.05, 0) is 18.4 Å². The van der Waals surface area contributed by atoms with Crippen LogP contribution in [0.25, 0.3) is 10.2 Å². The number of hydrazine groups is 1. The quantitative estimate of drug-likeness (QED) is 0.627. The van der Waals surface area contributed by atoms with Crippen LogP contribution in [0.3, 0.4) is 0 Å². The highest BCUT2D eigenvalue weighted by molar-refractivity contribution is 7.16. The number of hydrogen-bond donors (Lipinski definition) is 2. The lowest BCUT2D eigenvalue weighted by atomic mass is 10.2. The van der Waals surface area contributed by atoms with Gasteiger partial charge in [0.15, 0.2) is 0 Å². The summed E-state index contributed by atoms with van der Waals surface area (Å²) in [6.07, 6.45) is 0. The maximum absolute atomic E-state index is 5.46. The van der Waals surface area contributed by atoms with Gasteiger partial charge in [-0.2, -0.15) is 4.98 Å². The van der Waals surface area contributed by atoms with E-state index >= 15 is 0 Å². The molecule has 3 N–H and O–H groups in total. The van der Waals surface area contributed by atoms with Crippen LogP contribution in [0.2, 0.25) is 0 Å². The average molecular weight is 265 g/mol. The lowest BCUT2D eigenvalue weighted by Crippen LogP contribution is -2.44. The zero-order chi connectivity index (χ0) is 12.5. The number of nitrogens with one attached hydrogen (secondary N) is 1. The van der Waals surface area contributed by atoms with E-state index < -0.39 is 0 Å². The van der Waals surface area contributed by atoms with Crippen molar-refractivity contribution in [1.82, 2.24) is 9.97 Å². The number of ether oxygens (including phenoxy) is 1. The van der Waals surface area contributed by atoms with Crippen molar-refractivity contribution in [1.29, 1.82) is 0 Å². The Kier molecular flexibility index (Phi) is 3.02. The zero-order valence-corrected chi connectivity index (χ0v) is 10.9. The Labute approximate surface area is 109 Å². The fourth-order valence-corrected chi connectivity index (χ4v) is 2.92. The van der Waals surface area contributed by atoms with Crippen molar-refractivity contribution in [3.05, 3.63) is 11.4 Å². The summed E-state index contributed by atoms with van der Waals surface area (Å²) < 4.78 is 5.46. The van der Waals surface area contributed by atoms with Gasteiger partial charge in [0.1, 0.15) is 10.6 Å². The van der Waals surface area contributed by atoms with Gasteiger partial charge in [-0.25, -0.2) is 10.8 Å². The fourth-order valence-electron chi connectivity index (χ4n) is 2.17. The third kappa shape index (κ3) is 1.90. The first-order valence-electron chi connectivity index (χ1n) is 5.86. The van der Waals surface area contributed by atoms with E-state index in [0.29, 0.717) is 12.0 Å². The first-order valence-corrected chi connectivity index (χ1v) is 6.74. The summed E-state index contributed by atoms with van der Waals surface area (Å²) in [6.45, 7) is 4.43. The van der Waals surface area contributed by atoms with Crippen LogP contribution in [-0.2, 0) is 4.74 Å². The number of nitrogens with two attached hydrogens (primary N) is 1. The Bertz CT molecular complexity index is 557. The molecule has 3 heterocycles. The van der Waals surface area contributed by atoms with Gasteiger partial charge < -0.3 is 9.64 Å². The number of anilines is 2. The first-order chi connectivity index (χ1) is 8.79. The minimum Gasteiger partial charge on any atom is -0.377 e. The molecule has 7 heteroatoms. The summed E-state index contributed by atoms with van der Waals surface area (Å²) >= 11 is 1.59. The summed E-state index contributed by atoms with van der Waals surface area (Å²) in [5.74, 6) is 6.82. The standard InChI is InChI=1S/C11H15N5OS/c1-7-6-17-4-3-16(7)9-8-2-5-18-10(8)14-11(13-9)15-12/h2,5,7H,3-4,6,12H2,1H3,(H,13,14,15). The summed E-state index contributed by atoms with van der Waals surface area (Å²) in [6, 6.07) is 2.36. The second kappa shape index (κ2) is 4.68. The molecule has 0 radical (unpaired) electrons. The molecule has 1 aliphatic rings. The van der Waals surface area contributed by atoms with E-state index in [1.807, 2.05) is 5.38 Å². The molecule has 0 spiro atoms. The van der Waals surface area contributed by atoms with Crippen LogP contribution in [0, 0.1) is 0 Å². The van der Waals surface area contributed by atoms with E-state index in [4.69, 9.17) is 10.6 Å². The molecule has 1 unspecified atom stereocenters. The molecular formula is C11H15N5OS. The second-order valence-corrected chi connectivity index (χ2v) is 5.17. The van der Waals surface area contributed by atoms with E-state index in [1.165, 1.54) is 0 Å². The molecule has 0 amide bonds. The van der Waals surface area contributed by atoms with Gasteiger partial charge >= 0.3 is 0 Å². The largest absolute Gasteiger partial charge is 0.377 e. The number of aromatic nitrogens is 2. The molecule has 18 heavy (non-hydrogen) atoms. The summed E-state index contributed by atoms with van der Waals surface area (Å²) in [4.78, 5) is 12.0. The predicted octanol–water partition coefficient (Wildman–Crippen LogP) is 1.20. The van der Waals surface area contributed by atoms with Crippen LogP contribution in [0.1, 0.15) is 6.92 Å². The van der Waals surface area contributed by atoms with E-state index in [2.05, 4.69) is 33.3 Å². The zero-order valence-electron chi connectivity index (χ0n) is 10.1. The Morgan fingerprint density at radius 2 is 2.44 bits per heavy atom. The number of rotatable bonds is 2. The minimum atomic E-state index is 0.308. The third-order valence-corrected chi connectivity index (χ3v) is 3.88. The van der Waals surface area contributed by atoms with Crippen LogP contribution in [0.15, 0.2) is 11.4 Å². The molecular weight excluding hydrogens is 250 g/mol. The maximum Gasteiger partial charge on any atom is 0.240 e. The SMILES string of the molecule is CC1COCCN1c1nc(NN)nc2sccc12. The molecule has 1 atom stereocenters. The monoisotopic (exact) mass is 265 g/mol. The van der Waals surface area contributed by atoms with Crippen molar-refractivity contribution in [2.75, 3.05) is 30.1 Å². The molecule has 0 saturated carbocycles. The van der Waals surface area contributed by atoms with Gasteiger partial charge in [-0.15, -0.1) is 11.3 Å². The molecule has 6 nitrogen and oxygen atoms in total. The van der Waals surface area contributed by atoms with Crippen molar-refractivity contribution in [3.8, 4) is 0 Å². The Morgan fingerprint density at radius 1 is 1.56 bits per heavy atom. The smallest absolute Gasteiger partial charge is 0.240 e. The normalized spacial score (nSPS) is 20.3. The fraction of sp³-hybridized carbons (Fsp3) is 0.455. The van der Waals surface area contributed by atoms with Crippen LogP contribution < -0.4 is 16.2 Å². The lowest BCUT2D eigenvalue weighted by molar-refractivity contribution is 0.0987. The lowest BCUT2D eigenvalue weighted by Gasteiger charge is -2.34. The Hall–Kier alpha value is -1.44. The Morgan fingerprint density at radius 3 is 3.22 bits per heavy atom. The first kappa shape index (κ1) is 11.6. The van der Waals surface area contributed by atoms with Crippen LogP contribution in [0.5, 0.6) is 0 Å². The molecule has 0 aromatic carbocycles. The molecule has 0 aliphatic carbocycles. The number of hydrogen-bond acceptors (Lipinski definition) is 7. The molecule has 1 saturated heterocycles. The third-order valence-electron chi connectivity index (χ3n) is 3.07. The number of thiophene rings is 1. The van der Waals surface area contributed by atoms with Crippen molar-refractivity contribution in [3.63, 3.8) is 0 Å². The van der Waals surface area contributed by atoms with E-state index in [1.54, 1.807) is 11.3 Å². The summed E-state index contributed by atoms with van der Waals surface area (Å²) in [5, 5.41) is 3.10. The molecule has 0 bridgehead atoms. The topological polar surface area (TPSA) is 76.3 Å². The maximum atomic E-state index is 5.46. The van der Waals surface area contributed by atoms with Gasteiger partial charge in [0.05, 0.1) is 24.6 Å². The van der Waals surface area contributed by atoms with Crippen LogP contribution in [0.4, 0.5) is 11.8 Å². The van der Waals surface area contributed by atoms with Gasteiger partial charge in [0, 0.05) is 6.54 Å². The number of nitrogen functional groups attached to an aromatic ring is 1. The molecule has 2 aromatic heterocycles. The van der Waals surface area contributed by atoms with Crippen LogP contribution >= 0.6 is 11.3 Å². The van der Waals surface area contributed by atoms with Crippen molar-refractivity contribution in [2.45, 2.75) is 13.0 Å². The van der Waals surface area contributed by atoms with Gasteiger partial charge in [-0.3, -0.25) is 5.43 Å². The van der Waals surface area contributed by atoms with E-state index in [9.17, 15) is 0 Å². The second-order valence-electron chi connectivity index (χ2n) is 4.27. The van der Waals surface area contributed by atoms with Gasteiger partial charge in [0.2, 0.25) is 5.95 Å². The van der Waals surface area contributed by atoms with Gasteiger partial charge in [0.25, 0.3) is 0 Å². The average Bonchev–Trinajstić information content (AvgIpc) is 2.86.